The minimum atomic E-state index is -1.20. The summed E-state index contributed by atoms with van der Waals surface area (Å²) in [5.74, 6) is -1.26. The van der Waals surface area contributed by atoms with Crippen LogP contribution in [0.3, 0.4) is 0 Å². The highest BCUT2D eigenvalue weighted by Gasteiger charge is 2.41. The molecule has 0 aliphatic carbocycles. The maximum absolute atomic E-state index is 14.5. The van der Waals surface area contributed by atoms with Crippen molar-refractivity contribution in [2.45, 2.75) is 91.2 Å². The van der Waals surface area contributed by atoms with Gasteiger partial charge in [-0.1, -0.05) is 101 Å². The summed E-state index contributed by atoms with van der Waals surface area (Å²) in [6.07, 6.45) is 1.33. The summed E-state index contributed by atoms with van der Waals surface area (Å²) in [6.45, 7) is 11.0. The van der Waals surface area contributed by atoms with Crippen LogP contribution >= 0.6 is 11.3 Å². The summed E-state index contributed by atoms with van der Waals surface area (Å²) < 4.78 is 4.83. The fourth-order valence-corrected chi connectivity index (χ4v) is 7.79. The standard InChI is InChI=1S/C44H58N8O6S/c1-7-29(3)39(48-43(56)58-6)41(54)49-51(25-33-17-19-34(20-18-33)36-16-12-13-21-45-36)27-38(53)37(24-32-14-10-9-11-15-32)47-42(55)40(30(4)8-2)52-23-22-50(44(52)57)26-35-28-59-31(5)46-35/h9-21,28-30,37-40,53H,7-8,22-27H2,1-6H3,(H,47,55)(H,48,56)(H,49,54). The number of hydrazine groups is 1. The summed E-state index contributed by atoms with van der Waals surface area (Å²) in [4.78, 5) is 66.9. The molecule has 2 aromatic heterocycles. The Morgan fingerprint density at radius 3 is 2.25 bits per heavy atom. The third kappa shape index (κ3) is 12.3. The number of aliphatic hydroxyl groups excluding tert-OH is 1. The average Bonchev–Trinajstić information content (AvgIpc) is 3.83. The Morgan fingerprint density at radius 2 is 1.63 bits per heavy atom. The lowest BCUT2D eigenvalue weighted by Crippen LogP contribution is -2.59. The molecule has 3 heterocycles. The molecule has 0 saturated carbocycles. The van der Waals surface area contributed by atoms with Crippen LogP contribution in [0.25, 0.3) is 11.3 Å². The molecule has 4 N–H and O–H groups in total. The first-order valence-corrected chi connectivity index (χ1v) is 21.2. The molecule has 1 aliphatic rings. The Morgan fingerprint density at radius 1 is 0.915 bits per heavy atom. The topological polar surface area (TPSA) is 169 Å². The quantitative estimate of drug-likeness (QED) is 0.0835. The first-order chi connectivity index (χ1) is 28.4. The number of pyridine rings is 1. The number of methoxy groups -OCH3 is 1. The number of rotatable bonds is 20. The second-order valence-corrected chi connectivity index (χ2v) is 16.3. The molecule has 4 aromatic rings. The van der Waals surface area contributed by atoms with E-state index in [0.29, 0.717) is 32.5 Å². The number of amides is 5. The number of carbonyl (C=O) groups is 4. The van der Waals surface area contributed by atoms with Gasteiger partial charge in [0.15, 0.2) is 0 Å². The number of aromatic nitrogens is 2. The van der Waals surface area contributed by atoms with E-state index in [-0.39, 0.29) is 43.3 Å². The van der Waals surface area contributed by atoms with Crippen molar-refractivity contribution >= 4 is 35.3 Å². The second-order valence-electron chi connectivity index (χ2n) is 15.2. The highest BCUT2D eigenvalue weighted by molar-refractivity contribution is 7.09. The van der Waals surface area contributed by atoms with Gasteiger partial charge >= 0.3 is 12.1 Å². The summed E-state index contributed by atoms with van der Waals surface area (Å²) >= 11 is 1.53. The van der Waals surface area contributed by atoms with E-state index in [1.54, 1.807) is 21.0 Å². The van der Waals surface area contributed by atoms with Crippen LogP contribution in [0.2, 0.25) is 0 Å². The molecule has 5 rings (SSSR count). The number of benzene rings is 2. The molecule has 0 spiro atoms. The van der Waals surface area contributed by atoms with Gasteiger partial charge < -0.3 is 30.3 Å². The predicted molar refractivity (Wildman–Crippen MR) is 228 cm³/mol. The van der Waals surface area contributed by atoms with Gasteiger partial charge in [0.2, 0.25) is 5.91 Å². The number of aliphatic hydroxyl groups is 1. The van der Waals surface area contributed by atoms with Gasteiger partial charge in [0, 0.05) is 43.3 Å². The third-order valence-corrected chi connectivity index (χ3v) is 11.8. The molecule has 316 valence electrons. The SMILES string of the molecule is CCC(C)C(NC(=O)OC)C(=O)NN(Cc1ccc(-c2ccccn2)cc1)CC(O)C(Cc1ccccc1)NC(=O)C(C(C)CC)N1CCN(Cc2csc(C)n2)C1=O. The fraction of sp³-hybridized carbons (Fsp3) is 0.455. The van der Waals surface area contributed by atoms with Crippen molar-refractivity contribution < 1.29 is 29.0 Å². The molecule has 15 heteroatoms. The van der Waals surface area contributed by atoms with Gasteiger partial charge in [-0.2, -0.15) is 0 Å². The van der Waals surface area contributed by atoms with E-state index < -0.39 is 36.2 Å². The number of aryl methyl sites for hydroxylation is 1. The number of thiazole rings is 1. The van der Waals surface area contributed by atoms with E-state index in [2.05, 4.69) is 26.0 Å². The van der Waals surface area contributed by atoms with Gasteiger partial charge in [0.1, 0.15) is 12.1 Å². The molecule has 0 bridgehead atoms. The Kier molecular flexibility index (Phi) is 16.4. The minimum absolute atomic E-state index is 0.0888. The van der Waals surface area contributed by atoms with Crippen molar-refractivity contribution in [3.63, 3.8) is 0 Å². The van der Waals surface area contributed by atoms with E-state index in [1.807, 2.05) is 113 Å². The Balaban J connectivity index is 1.40. The zero-order valence-electron chi connectivity index (χ0n) is 34.8. The number of nitrogens with one attached hydrogen (secondary N) is 3. The molecule has 0 radical (unpaired) electrons. The molecule has 14 nitrogen and oxygen atoms in total. The number of nitrogens with zero attached hydrogens (tertiary/aromatic N) is 5. The number of hydrogen-bond donors (Lipinski definition) is 4. The lowest BCUT2D eigenvalue weighted by Gasteiger charge is -2.35. The maximum atomic E-state index is 14.5. The van der Waals surface area contributed by atoms with Crippen LogP contribution in [-0.2, 0) is 33.8 Å². The molecule has 1 aliphatic heterocycles. The van der Waals surface area contributed by atoms with Gasteiger partial charge in [0.25, 0.3) is 5.91 Å². The Labute approximate surface area is 351 Å². The second kappa shape index (κ2) is 21.6. The van der Waals surface area contributed by atoms with Crippen LogP contribution in [0.15, 0.2) is 84.4 Å². The molecule has 2 aromatic carbocycles. The zero-order chi connectivity index (χ0) is 42.5. The lowest BCUT2D eigenvalue weighted by molar-refractivity contribution is -0.132. The maximum Gasteiger partial charge on any atom is 0.407 e. The van der Waals surface area contributed by atoms with Crippen LogP contribution in [0.4, 0.5) is 9.59 Å². The van der Waals surface area contributed by atoms with Crippen molar-refractivity contribution in [2.75, 3.05) is 26.7 Å². The normalized spacial score (nSPS) is 15.9. The third-order valence-electron chi connectivity index (χ3n) is 10.9. The monoisotopic (exact) mass is 826 g/mol. The van der Waals surface area contributed by atoms with Crippen molar-refractivity contribution in [1.29, 1.82) is 0 Å². The Bertz CT molecular complexity index is 1970. The Hall–Kier alpha value is -5.38. The van der Waals surface area contributed by atoms with Crippen molar-refractivity contribution in [1.82, 2.24) is 40.8 Å². The van der Waals surface area contributed by atoms with Crippen LogP contribution in [0.1, 0.15) is 62.4 Å². The zero-order valence-corrected chi connectivity index (χ0v) is 35.7. The molecule has 5 amide bonds. The van der Waals surface area contributed by atoms with E-state index in [1.165, 1.54) is 18.4 Å². The number of ether oxygens (including phenoxy) is 1. The number of carbonyl (C=O) groups excluding carboxylic acids is 4. The summed E-state index contributed by atoms with van der Waals surface area (Å²) in [6, 6.07) is 20.3. The highest BCUT2D eigenvalue weighted by Crippen LogP contribution is 2.24. The lowest BCUT2D eigenvalue weighted by atomic mass is 9.95. The number of alkyl carbamates (subject to hydrolysis) is 1. The van der Waals surface area contributed by atoms with E-state index >= 15 is 0 Å². The van der Waals surface area contributed by atoms with E-state index in [4.69, 9.17) is 4.74 Å². The molecule has 59 heavy (non-hydrogen) atoms. The van der Waals surface area contributed by atoms with Crippen LogP contribution < -0.4 is 16.1 Å². The minimum Gasteiger partial charge on any atom is -0.453 e. The van der Waals surface area contributed by atoms with Crippen LogP contribution in [0.5, 0.6) is 0 Å². The molecule has 6 unspecified atom stereocenters. The largest absolute Gasteiger partial charge is 0.453 e. The van der Waals surface area contributed by atoms with Crippen LogP contribution in [0, 0.1) is 18.8 Å². The first-order valence-electron chi connectivity index (χ1n) is 20.3. The van der Waals surface area contributed by atoms with E-state index in [9.17, 15) is 24.3 Å². The molecule has 6 atom stereocenters. The van der Waals surface area contributed by atoms with Gasteiger partial charge in [0.05, 0.1) is 42.2 Å². The molecule has 1 saturated heterocycles. The summed E-state index contributed by atoms with van der Waals surface area (Å²) in [7, 11) is 1.24. The predicted octanol–water partition coefficient (Wildman–Crippen LogP) is 5.56. The van der Waals surface area contributed by atoms with E-state index in [0.717, 1.165) is 33.1 Å². The summed E-state index contributed by atoms with van der Waals surface area (Å²) in [5.41, 5.74) is 7.24. The average molecular weight is 827 g/mol. The van der Waals surface area contributed by atoms with Gasteiger partial charge in [-0.25, -0.2) is 19.6 Å². The van der Waals surface area contributed by atoms with Crippen molar-refractivity contribution in [3.05, 3.63) is 106 Å². The smallest absolute Gasteiger partial charge is 0.407 e. The first kappa shape index (κ1) is 44.7. The molecular weight excluding hydrogens is 769 g/mol. The van der Waals surface area contributed by atoms with Gasteiger partial charge in [-0.3, -0.25) is 20.0 Å². The van der Waals surface area contributed by atoms with Crippen molar-refractivity contribution in [3.8, 4) is 11.3 Å². The van der Waals surface area contributed by atoms with Gasteiger partial charge in [-0.05, 0) is 48.4 Å². The number of urea groups is 1. The van der Waals surface area contributed by atoms with Gasteiger partial charge in [-0.15, -0.1) is 11.3 Å². The fourth-order valence-electron chi connectivity index (χ4n) is 7.18. The number of hydrogen-bond acceptors (Lipinski definition) is 10. The molecular formula is C44H58N8O6S. The summed E-state index contributed by atoms with van der Waals surface area (Å²) in [5, 5.41) is 22.4. The highest BCUT2D eigenvalue weighted by atomic mass is 32.1. The molecule has 1 fully saturated rings. The van der Waals surface area contributed by atoms with Crippen LogP contribution in [-0.4, -0.2) is 105 Å². The van der Waals surface area contributed by atoms with Crippen molar-refractivity contribution in [2.24, 2.45) is 11.8 Å².